The van der Waals surface area contributed by atoms with Crippen LogP contribution in [0.4, 0.5) is 0 Å². The van der Waals surface area contributed by atoms with Gasteiger partial charge in [0.05, 0.1) is 6.26 Å². The van der Waals surface area contributed by atoms with Crippen LogP contribution >= 0.6 is 0 Å². The van der Waals surface area contributed by atoms with Gasteiger partial charge in [-0.15, -0.1) is 0 Å². The third-order valence-corrected chi connectivity index (χ3v) is 2.95. The Labute approximate surface area is 82.7 Å². The Morgan fingerprint density at radius 2 is 2.36 bits per heavy atom. The third kappa shape index (κ3) is 1.97. The van der Waals surface area contributed by atoms with Gasteiger partial charge in [-0.05, 0) is 37.3 Å². The van der Waals surface area contributed by atoms with Crippen LogP contribution in [-0.4, -0.2) is 11.1 Å². The first-order valence-corrected chi connectivity index (χ1v) is 5.01. The maximum absolute atomic E-state index is 10.3. The summed E-state index contributed by atoms with van der Waals surface area (Å²) in [6, 6.07) is 3.90. The molecule has 14 heavy (non-hydrogen) atoms. The fraction of sp³-hybridized carbons (Fsp3) is 0.545. The minimum Gasteiger partial charge on any atom is -0.481 e. The van der Waals surface area contributed by atoms with Gasteiger partial charge >= 0.3 is 5.97 Å². The lowest BCUT2D eigenvalue weighted by Gasteiger charge is -2.33. The summed E-state index contributed by atoms with van der Waals surface area (Å²) in [5.41, 5.74) is 0. The summed E-state index contributed by atoms with van der Waals surface area (Å²) in [5.74, 6) is 1.48. The molecule has 0 saturated heterocycles. The molecular formula is C11H14O3. The molecule has 0 amide bonds. The molecule has 0 aromatic carbocycles. The second-order valence-corrected chi connectivity index (χ2v) is 3.98. The number of hydrogen-bond acceptors (Lipinski definition) is 2. The van der Waals surface area contributed by atoms with Crippen molar-refractivity contribution in [3.63, 3.8) is 0 Å². The highest BCUT2D eigenvalue weighted by atomic mass is 16.4. The summed E-state index contributed by atoms with van der Waals surface area (Å²) in [4.78, 5) is 10.3. The number of hydrogen-bond donors (Lipinski definition) is 1. The molecule has 1 aliphatic carbocycles. The molecule has 76 valence electrons. The van der Waals surface area contributed by atoms with Gasteiger partial charge in [0.2, 0.25) is 0 Å². The zero-order chi connectivity index (χ0) is 9.97. The van der Waals surface area contributed by atoms with Gasteiger partial charge in [0.1, 0.15) is 5.76 Å². The fourth-order valence-electron chi connectivity index (χ4n) is 2.05. The van der Waals surface area contributed by atoms with Crippen LogP contribution in [0.2, 0.25) is 0 Å². The monoisotopic (exact) mass is 194 g/mol. The van der Waals surface area contributed by atoms with Gasteiger partial charge in [-0.3, -0.25) is 4.79 Å². The number of carbonyl (C=O) groups is 1. The van der Waals surface area contributed by atoms with E-state index in [1.807, 2.05) is 12.1 Å². The number of aliphatic carboxylic acids is 1. The Morgan fingerprint density at radius 3 is 2.93 bits per heavy atom. The third-order valence-electron chi connectivity index (χ3n) is 2.95. The van der Waals surface area contributed by atoms with Gasteiger partial charge in [0, 0.05) is 12.3 Å². The van der Waals surface area contributed by atoms with Gasteiger partial charge in [-0.1, -0.05) is 0 Å². The van der Waals surface area contributed by atoms with Crippen LogP contribution < -0.4 is 0 Å². The minimum atomic E-state index is -0.688. The fourth-order valence-corrected chi connectivity index (χ4v) is 2.05. The molecule has 1 aromatic heterocycles. The molecule has 0 unspecified atom stereocenters. The average molecular weight is 194 g/mol. The van der Waals surface area contributed by atoms with E-state index in [-0.39, 0.29) is 0 Å². The summed E-state index contributed by atoms with van der Waals surface area (Å²) in [7, 11) is 0. The van der Waals surface area contributed by atoms with Crippen LogP contribution in [0.5, 0.6) is 0 Å². The van der Waals surface area contributed by atoms with Crippen LogP contribution in [-0.2, 0) is 4.79 Å². The quantitative estimate of drug-likeness (QED) is 0.801. The van der Waals surface area contributed by atoms with Gasteiger partial charge in [0.25, 0.3) is 0 Å². The Balaban J connectivity index is 1.72. The average Bonchev–Trinajstić information content (AvgIpc) is 2.53. The molecule has 0 atom stereocenters. The summed E-state index contributed by atoms with van der Waals surface area (Å²) < 4.78 is 5.30. The molecule has 0 bridgehead atoms. The van der Waals surface area contributed by atoms with Crippen LogP contribution in [0.25, 0.3) is 0 Å². The molecule has 1 heterocycles. The summed E-state index contributed by atoms with van der Waals surface area (Å²) in [6.07, 6.45) is 4.98. The molecule has 1 N–H and O–H groups in total. The maximum Gasteiger partial charge on any atom is 0.303 e. The number of carboxylic acid groups (broad SMARTS) is 1. The normalized spacial score (nSPS) is 25.7. The Morgan fingerprint density at radius 1 is 1.57 bits per heavy atom. The highest BCUT2D eigenvalue weighted by molar-refractivity contribution is 5.66. The predicted molar refractivity (Wildman–Crippen MR) is 51.0 cm³/mol. The van der Waals surface area contributed by atoms with Crippen LogP contribution in [0.1, 0.15) is 37.4 Å². The van der Waals surface area contributed by atoms with E-state index in [4.69, 9.17) is 9.52 Å². The Kier molecular flexibility index (Phi) is 2.57. The largest absolute Gasteiger partial charge is 0.481 e. The first-order valence-electron chi connectivity index (χ1n) is 5.01. The lowest BCUT2D eigenvalue weighted by molar-refractivity contribution is -0.137. The van der Waals surface area contributed by atoms with Gasteiger partial charge in [0.15, 0.2) is 0 Å². The number of carboxylic acids is 1. The second-order valence-electron chi connectivity index (χ2n) is 3.98. The van der Waals surface area contributed by atoms with Crippen molar-refractivity contribution in [1.29, 1.82) is 0 Å². The minimum absolute atomic E-state index is 0.301. The van der Waals surface area contributed by atoms with Crippen LogP contribution in [0.15, 0.2) is 22.8 Å². The predicted octanol–water partition coefficient (Wildman–Crippen LogP) is 2.64. The van der Waals surface area contributed by atoms with E-state index < -0.39 is 5.97 Å². The van der Waals surface area contributed by atoms with E-state index in [0.29, 0.717) is 18.3 Å². The molecule has 0 spiro atoms. The molecule has 1 aromatic rings. The lowest BCUT2D eigenvalue weighted by atomic mass is 9.72. The first kappa shape index (κ1) is 9.31. The topological polar surface area (TPSA) is 50.4 Å². The van der Waals surface area contributed by atoms with E-state index >= 15 is 0 Å². The molecule has 1 aliphatic rings. The van der Waals surface area contributed by atoms with Gasteiger partial charge < -0.3 is 9.52 Å². The van der Waals surface area contributed by atoms with Crippen molar-refractivity contribution in [3.05, 3.63) is 24.2 Å². The van der Waals surface area contributed by atoms with E-state index in [9.17, 15) is 4.79 Å². The van der Waals surface area contributed by atoms with E-state index in [0.717, 1.165) is 25.0 Å². The molecule has 1 saturated carbocycles. The van der Waals surface area contributed by atoms with Gasteiger partial charge in [-0.25, -0.2) is 0 Å². The Hall–Kier alpha value is -1.25. The van der Waals surface area contributed by atoms with E-state index in [1.165, 1.54) is 0 Å². The van der Waals surface area contributed by atoms with Crippen molar-refractivity contribution in [1.82, 2.24) is 0 Å². The van der Waals surface area contributed by atoms with Crippen molar-refractivity contribution in [2.45, 2.75) is 31.6 Å². The molecule has 0 aliphatic heterocycles. The summed E-state index contributed by atoms with van der Waals surface area (Å²) in [6.45, 7) is 0. The molecular weight excluding hydrogens is 180 g/mol. The van der Waals surface area contributed by atoms with E-state index in [2.05, 4.69) is 0 Å². The van der Waals surface area contributed by atoms with E-state index in [1.54, 1.807) is 6.26 Å². The zero-order valence-electron chi connectivity index (χ0n) is 7.98. The highest BCUT2D eigenvalue weighted by Crippen LogP contribution is 2.43. The maximum atomic E-state index is 10.3. The van der Waals surface area contributed by atoms with Crippen molar-refractivity contribution in [2.24, 2.45) is 5.92 Å². The molecule has 3 heteroatoms. The molecule has 1 fully saturated rings. The standard InChI is InChI=1S/C11H14O3/c12-11(13)4-3-8-6-9(7-8)10-2-1-5-14-10/h1-2,5,8-9H,3-4,6-7H2,(H,12,13). The number of furan rings is 1. The summed E-state index contributed by atoms with van der Waals surface area (Å²) >= 11 is 0. The molecule has 2 rings (SSSR count). The van der Waals surface area contributed by atoms with Crippen LogP contribution in [0, 0.1) is 5.92 Å². The molecule has 0 radical (unpaired) electrons. The van der Waals surface area contributed by atoms with Crippen molar-refractivity contribution >= 4 is 5.97 Å². The van der Waals surface area contributed by atoms with Crippen molar-refractivity contribution in [3.8, 4) is 0 Å². The second kappa shape index (κ2) is 3.86. The van der Waals surface area contributed by atoms with Crippen molar-refractivity contribution < 1.29 is 14.3 Å². The zero-order valence-corrected chi connectivity index (χ0v) is 7.98. The molecule has 3 nitrogen and oxygen atoms in total. The van der Waals surface area contributed by atoms with Crippen molar-refractivity contribution in [2.75, 3.05) is 0 Å². The lowest BCUT2D eigenvalue weighted by Crippen LogP contribution is -2.22. The van der Waals surface area contributed by atoms with Crippen LogP contribution in [0.3, 0.4) is 0 Å². The summed E-state index contributed by atoms with van der Waals surface area (Å²) in [5, 5.41) is 8.51. The number of rotatable bonds is 4. The Bertz CT molecular complexity index is 296. The first-order chi connectivity index (χ1) is 6.75. The smallest absolute Gasteiger partial charge is 0.303 e. The van der Waals surface area contributed by atoms with Gasteiger partial charge in [-0.2, -0.15) is 0 Å². The highest BCUT2D eigenvalue weighted by Gasteiger charge is 2.31. The SMILES string of the molecule is O=C(O)CCC1CC(c2ccco2)C1.